The molecule has 0 radical (unpaired) electrons. The lowest BCUT2D eigenvalue weighted by Crippen LogP contribution is -2.20. The SMILES string of the molecule is CCc1cc(=O)[nH]c(-n2nc(-c3cccs3)cc2NC(=O)c2cc(Cl)ccc2[N+](=O)[O-])n1. The van der Waals surface area contributed by atoms with Crippen LogP contribution < -0.4 is 10.9 Å². The number of carbonyl (C=O) groups excluding carboxylic acids is 1. The number of nitro benzene ring substituents is 1. The molecule has 0 aliphatic rings. The molecule has 1 amide bonds. The number of anilines is 1. The van der Waals surface area contributed by atoms with Crippen LogP contribution in [0, 0.1) is 10.1 Å². The van der Waals surface area contributed by atoms with Gasteiger partial charge in [-0.3, -0.25) is 24.7 Å². The average molecular weight is 471 g/mol. The second kappa shape index (κ2) is 8.73. The van der Waals surface area contributed by atoms with Crippen LogP contribution in [0.15, 0.2) is 52.6 Å². The third-order valence-corrected chi connectivity index (χ3v) is 5.60. The summed E-state index contributed by atoms with van der Waals surface area (Å²) in [6.45, 7) is 1.85. The fourth-order valence-corrected chi connectivity index (χ4v) is 3.84. The van der Waals surface area contributed by atoms with Crippen molar-refractivity contribution in [3.63, 3.8) is 0 Å². The summed E-state index contributed by atoms with van der Waals surface area (Å²) in [6, 6.07) is 10.4. The Morgan fingerprint density at radius 1 is 1.31 bits per heavy atom. The first-order chi connectivity index (χ1) is 15.4. The molecule has 0 fully saturated rings. The molecule has 0 aliphatic carbocycles. The highest BCUT2D eigenvalue weighted by Gasteiger charge is 2.23. The maximum Gasteiger partial charge on any atom is 0.282 e. The second-order valence-corrected chi connectivity index (χ2v) is 7.97. The van der Waals surface area contributed by atoms with E-state index in [1.54, 1.807) is 6.07 Å². The van der Waals surface area contributed by atoms with Crippen LogP contribution in [0.2, 0.25) is 5.02 Å². The third kappa shape index (κ3) is 4.29. The fraction of sp³-hybridized carbons (Fsp3) is 0.100. The number of aryl methyl sites for hydroxylation is 1. The Labute approximate surface area is 189 Å². The van der Waals surface area contributed by atoms with Crippen molar-refractivity contribution >= 4 is 40.4 Å². The Kier molecular flexibility index (Phi) is 5.84. The van der Waals surface area contributed by atoms with Crippen molar-refractivity contribution in [3.05, 3.63) is 84.6 Å². The molecule has 3 aromatic heterocycles. The van der Waals surface area contributed by atoms with Crippen LogP contribution in [0.4, 0.5) is 11.5 Å². The zero-order valence-corrected chi connectivity index (χ0v) is 18.1. The van der Waals surface area contributed by atoms with Gasteiger partial charge in [-0.2, -0.15) is 9.78 Å². The summed E-state index contributed by atoms with van der Waals surface area (Å²) in [4.78, 5) is 43.5. The highest BCUT2D eigenvalue weighted by molar-refractivity contribution is 7.13. The van der Waals surface area contributed by atoms with Crippen molar-refractivity contribution in [2.24, 2.45) is 0 Å². The van der Waals surface area contributed by atoms with E-state index in [1.165, 1.54) is 34.2 Å². The number of aromatic nitrogens is 4. The van der Waals surface area contributed by atoms with Gasteiger partial charge in [0.2, 0.25) is 5.95 Å². The number of nitrogens with one attached hydrogen (secondary N) is 2. The fourth-order valence-electron chi connectivity index (χ4n) is 2.98. The van der Waals surface area contributed by atoms with Crippen LogP contribution in [0.5, 0.6) is 0 Å². The first-order valence-electron chi connectivity index (χ1n) is 9.35. The molecule has 0 atom stereocenters. The van der Waals surface area contributed by atoms with Crippen LogP contribution >= 0.6 is 22.9 Å². The van der Waals surface area contributed by atoms with Gasteiger partial charge in [-0.1, -0.05) is 24.6 Å². The van der Waals surface area contributed by atoms with Crippen molar-refractivity contribution in [2.75, 3.05) is 5.32 Å². The van der Waals surface area contributed by atoms with Gasteiger partial charge in [-0.15, -0.1) is 11.3 Å². The number of rotatable bonds is 6. The number of hydrogen-bond acceptors (Lipinski definition) is 7. The molecule has 0 spiro atoms. The van der Waals surface area contributed by atoms with E-state index in [-0.39, 0.29) is 27.9 Å². The maximum absolute atomic E-state index is 13.0. The summed E-state index contributed by atoms with van der Waals surface area (Å²) < 4.78 is 1.28. The van der Waals surface area contributed by atoms with Crippen molar-refractivity contribution in [2.45, 2.75) is 13.3 Å². The van der Waals surface area contributed by atoms with Gasteiger partial charge >= 0.3 is 0 Å². The minimum atomic E-state index is -0.757. The maximum atomic E-state index is 13.0. The van der Waals surface area contributed by atoms with E-state index in [1.807, 2.05) is 24.4 Å². The molecule has 3 heterocycles. The zero-order chi connectivity index (χ0) is 22.8. The third-order valence-electron chi connectivity index (χ3n) is 4.47. The van der Waals surface area contributed by atoms with Crippen molar-refractivity contribution in [3.8, 4) is 16.5 Å². The first-order valence-corrected chi connectivity index (χ1v) is 10.6. The number of benzene rings is 1. The molecule has 0 saturated heterocycles. The van der Waals surface area contributed by atoms with E-state index >= 15 is 0 Å². The number of H-pyrrole nitrogens is 1. The normalized spacial score (nSPS) is 10.8. The van der Waals surface area contributed by atoms with Gasteiger partial charge in [0.15, 0.2) is 0 Å². The first kappa shape index (κ1) is 21.4. The Morgan fingerprint density at radius 2 is 2.12 bits per heavy atom. The number of nitrogens with zero attached hydrogens (tertiary/aromatic N) is 4. The van der Waals surface area contributed by atoms with E-state index in [2.05, 4.69) is 20.4 Å². The highest BCUT2D eigenvalue weighted by atomic mass is 35.5. The summed E-state index contributed by atoms with van der Waals surface area (Å²) in [5.41, 5.74) is 0.0931. The van der Waals surface area contributed by atoms with Crippen LogP contribution in [0.3, 0.4) is 0 Å². The Morgan fingerprint density at radius 3 is 2.81 bits per heavy atom. The van der Waals surface area contributed by atoms with E-state index in [4.69, 9.17) is 11.6 Å². The van der Waals surface area contributed by atoms with Crippen molar-refractivity contribution in [1.29, 1.82) is 0 Å². The zero-order valence-electron chi connectivity index (χ0n) is 16.5. The predicted octanol–water partition coefficient (Wildman–Crippen LogP) is 4.06. The molecule has 0 bridgehead atoms. The molecule has 4 aromatic rings. The molecule has 32 heavy (non-hydrogen) atoms. The van der Waals surface area contributed by atoms with Gasteiger partial charge in [-0.25, -0.2) is 4.98 Å². The molecule has 0 aliphatic heterocycles. The van der Waals surface area contributed by atoms with Gasteiger partial charge < -0.3 is 5.32 Å². The summed E-state index contributed by atoms with van der Waals surface area (Å²) >= 11 is 7.39. The summed E-state index contributed by atoms with van der Waals surface area (Å²) in [6.07, 6.45) is 0.520. The summed E-state index contributed by atoms with van der Waals surface area (Å²) in [5.74, 6) is -0.482. The lowest BCUT2D eigenvalue weighted by molar-refractivity contribution is -0.385. The standard InChI is InChI=1S/C20H15ClN6O4S/c1-2-12-9-18(28)24-20(22-12)26-17(10-14(25-26)16-4-3-7-32-16)23-19(29)13-8-11(21)5-6-15(13)27(30)31/h3-10H,2H2,1H3,(H,23,29)(H,22,24,28). The minimum absolute atomic E-state index is 0.105. The van der Waals surface area contributed by atoms with E-state index in [0.29, 0.717) is 17.8 Å². The topological polar surface area (TPSA) is 136 Å². The Balaban J connectivity index is 1.81. The number of amides is 1. The van der Waals surface area contributed by atoms with E-state index < -0.39 is 16.5 Å². The molecule has 0 unspecified atom stereocenters. The van der Waals surface area contributed by atoms with Crippen LogP contribution in [-0.4, -0.2) is 30.6 Å². The smallest absolute Gasteiger partial charge is 0.282 e. The molecule has 12 heteroatoms. The second-order valence-electron chi connectivity index (χ2n) is 6.59. The molecule has 2 N–H and O–H groups in total. The quantitative estimate of drug-likeness (QED) is 0.322. The largest absolute Gasteiger partial charge is 0.306 e. The summed E-state index contributed by atoms with van der Waals surface area (Å²) in [5, 5.41) is 20.5. The van der Waals surface area contributed by atoms with Gasteiger partial charge in [0.25, 0.3) is 17.2 Å². The van der Waals surface area contributed by atoms with Crippen LogP contribution in [0.25, 0.3) is 16.5 Å². The van der Waals surface area contributed by atoms with Crippen molar-refractivity contribution in [1.82, 2.24) is 19.7 Å². The number of nitro groups is 1. The number of thiophene rings is 1. The van der Waals surface area contributed by atoms with E-state index in [0.717, 1.165) is 10.9 Å². The molecule has 0 saturated carbocycles. The Hall–Kier alpha value is -3.83. The average Bonchev–Trinajstić information content (AvgIpc) is 3.43. The number of hydrogen-bond donors (Lipinski definition) is 2. The molecule has 4 rings (SSSR count). The number of aromatic amines is 1. The van der Waals surface area contributed by atoms with Gasteiger partial charge in [0, 0.05) is 28.9 Å². The van der Waals surface area contributed by atoms with Crippen LogP contribution in [0.1, 0.15) is 23.0 Å². The van der Waals surface area contributed by atoms with E-state index in [9.17, 15) is 19.7 Å². The van der Waals surface area contributed by atoms with Gasteiger partial charge in [0.05, 0.1) is 9.80 Å². The van der Waals surface area contributed by atoms with Gasteiger partial charge in [0.1, 0.15) is 17.1 Å². The van der Waals surface area contributed by atoms with Gasteiger partial charge in [-0.05, 0) is 30.0 Å². The van der Waals surface area contributed by atoms with Crippen LogP contribution in [-0.2, 0) is 6.42 Å². The lowest BCUT2D eigenvalue weighted by atomic mass is 10.1. The number of halogens is 1. The Bertz CT molecular complexity index is 1380. The molecular formula is C20H15ClN6O4S. The molecular weight excluding hydrogens is 456 g/mol. The monoisotopic (exact) mass is 470 g/mol. The van der Waals surface area contributed by atoms with Crippen molar-refractivity contribution < 1.29 is 9.72 Å². The summed E-state index contributed by atoms with van der Waals surface area (Å²) in [7, 11) is 0. The highest BCUT2D eigenvalue weighted by Crippen LogP contribution is 2.29. The molecule has 162 valence electrons. The molecule has 1 aromatic carbocycles. The lowest BCUT2D eigenvalue weighted by Gasteiger charge is -2.09. The predicted molar refractivity (Wildman–Crippen MR) is 121 cm³/mol. The molecule has 10 nitrogen and oxygen atoms in total. The minimum Gasteiger partial charge on any atom is -0.306 e. The number of carbonyl (C=O) groups is 1.